The molecule has 0 aromatic heterocycles. The van der Waals surface area contributed by atoms with Gasteiger partial charge in [0, 0.05) is 33.9 Å². The van der Waals surface area contributed by atoms with Gasteiger partial charge in [-0.1, -0.05) is 35.9 Å². The molecule has 4 heteroatoms. The van der Waals surface area contributed by atoms with Crippen LogP contribution in [0.25, 0.3) is 11.1 Å². The summed E-state index contributed by atoms with van der Waals surface area (Å²) < 4.78 is 0. The van der Waals surface area contributed by atoms with Gasteiger partial charge >= 0.3 is 0 Å². The molecule has 0 radical (unpaired) electrons. The van der Waals surface area contributed by atoms with Crippen LogP contribution in [0.2, 0.25) is 5.02 Å². The Balaban J connectivity index is 1.73. The lowest BCUT2D eigenvalue weighted by molar-refractivity contribution is 0.0982. The molecule has 3 nitrogen and oxygen atoms in total. The highest BCUT2D eigenvalue weighted by Crippen LogP contribution is 2.35. The van der Waals surface area contributed by atoms with Crippen molar-refractivity contribution in [3.8, 4) is 11.1 Å². The van der Waals surface area contributed by atoms with Crippen LogP contribution in [0.3, 0.4) is 0 Å². The second-order valence-electron chi connectivity index (χ2n) is 7.47. The summed E-state index contributed by atoms with van der Waals surface area (Å²) in [5.74, 6) is 0.0456. The number of Topliss-reactive ketones (excluding diaryl/α,β-unsaturated/α-hetero) is 1. The van der Waals surface area contributed by atoms with Crippen molar-refractivity contribution < 1.29 is 9.59 Å². The van der Waals surface area contributed by atoms with E-state index in [0.29, 0.717) is 17.1 Å². The van der Waals surface area contributed by atoms with Crippen LogP contribution in [0.15, 0.2) is 60.7 Å². The molecular formula is C25H22ClNO2. The van der Waals surface area contributed by atoms with Crippen LogP contribution in [0.1, 0.15) is 45.2 Å². The number of hydrogen-bond donors (Lipinski definition) is 0. The van der Waals surface area contributed by atoms with Gasteiger partial charge in [0.2, 0.25) is 0 Å². The third-order valence-electron chi connectivity index (χ3n) is 5.50. The number of nitrogens with zero attached hydrogens (tertiary/aromatic N) is 1. The Morgan fingerprint density at radius 3 is 2.55 bits per heavy atom. The van der Waals surface area contributed by atoms with E-state index in [0.717, 1.165) is 46.3 Å². The van der Waals surface area contributed by atoms with Gasteiger partial charge in [0.25, 0.3) is 5.91 Å². The fourth-order valence-electron chi connectivity index (χ4n) is 3.90. The number of halogens is 1. The third kappa shape index (κ3) is 3.70. The zero-order valence-electron chi connectivity index (χ0n) is 16.5. The summed E-state index contributed by atoms with van der Waals surface area (Å²) in [6, 6.07) is 19.1. The molecule has 29 heavy (non-hydrogen) atoms. The Labute approximate surface area is 175 Å². The highest BCUT2D eigenvalue weighted by molar-refractivity contribution is 6.33. The number of carbonyl (C=O) groups excluding carboxylic acids is 2. The van der Waals surface area contributed by atoms with Crippen molar-refractivity contribution >= 4 is 29.0 Å². The molecule has 1 aliphatic rings. The van der Waals surface area contributed by atoms with Crippen molar-refractivity contribution in [1.82, 2.24) is 0 Å². The number of benzene rings is 3. The molecule has 3 aromatic carbocycles. The summed E-state index contributed by atoms with van der Waals surface area (Å²) in [4.78, 5) is 26.8. The summed E-state index contributed by atoms with van der Waals surface area (Å²) in [7, 11) is 0. The largest absolute Gasteiger partial charge is 0.308 e. The molecule has 0 aliphatic carbocycles. The second-order valence-corrected chi connectivity index (χ2v) is 7.88. The smallest absolute Gasteiger partial charge is 0.258 e. The standard InChI is InChI=1S/C25H22ClNO2/c1-16-6-3-4-8-21(16)25(29)27-13-5-7-20-14-19(10-12-24(20)27)22-15-18(17(2)28)9-11-23(22)26/h3-4,6,8-12,14-15H,5,7,13H2,1-2H3. The molecule has 0 N–H and O–H groups in total. The zero-order chi connectivity index (χ0) is 20.5. The molecular weight excluding hydrogens is 382 g/mol. The van der Waals surface area contributed by atoms with E-state index in [2.05, 4.69) is 6.07 Å². The second kappa shape index (κ2) is 7.84. The maximum atomic E-state index is 13.2. The van der Waals surface area contributed by atoms with E-state index in [1.165, 1.54) is 0 Å². The first kappa shape index (κ1) is 19.4. The lowest BCUT2D eigenvalue weighted by Gasteiger charge is -2.30. The number of anilines is 1. The average molecular weight is 404 g/mol. The molecule has 0 unspecified atom stereocenters. The number of ketones is 1. The maximum absolute atomic E-state index is 13.2. The molecule has 1 heterocycles. The molecule has 3 aromatic rings. The normalized spacial score (nSPS) is 13.1. The molecule has 0 atom stereocenters. The maximum Gasteiger partial charge on any atom is 0.258 e. The Kier molecular flexibility index (Phi) is 5.25. The minimum absolute atomic E-state index is 0.0101. The van der Waals surface area contributed by atoms with E-state index in [-0.39, 0.29) is 11.7 Å². The van der Waals surface area contributed by atoms with Crippen molar-refractivity contribution in [2.45, 2.75) is 26.7 Å². The van der Waals surface area contributed by atoms with Crippen LogP contribution in [-0.2, 0) is 6.42 Å². The van der Waals surface area contributed by atoms with E-state index in [4.69, 9.17) is 11.6 Å². The summed E-state index contributed by atoms with van der Waals surface area (Å²) in [6.07, 6.45) is 1.82. The summed E-state index contributed by atoms with van der Waals surface area (Å²) in [5.41, 5.74) is 6.23. The zero-order valence-corrected chi connectivity index (χ0v) is 17.3. The van der Waals surface area contributed by atoms with E-state index in [1.807, 2.05) is 54.3 Å². The van der Waals surface area contributed by atoms with Gasteiger partial charge in [-0.25, -0.2) is 0 Å². The lowest BCUT2D eigenvalue weighted by atomic mass is 9.94. The number of aryl methyl sites for hydroxylation is 2. The number of carbonyl (C=O) groups is 2. The number of amides is 1. The molecule has 1 amide bonds. The van der Waals surface area contributed by atoms with Crippen LogP contribution in [-0.4, -0.2) is 18.2 Å². The van der Waals surface area contributed by atoms with Crippen LogP contribution in [0, 0.1) is 6.92 Å². The molecule has 0 saturated carbocycles. The van der Waals surface area contributed by atoms with Gasteiger partial charge in [0.05, 0.1) is 0 Å². The molecule has 146 valence electrons. The van der Waals surface area contributed by atoms with Gasteiger partial charge in [-0.2, -0.15) is 0 Å². The van der Waals surface area contributed by atoms with Gasteiger partial charge in [0.1, 0.15) is 0 Å². The first-order chi connectivity index (χ1) is 14.0. The number of rotatable bonds is 3. The van der Waals surface area contributed by atoms with Crippen molar-refractivity contribution in [3.05, 3.63) is 87.9 Å². The Morgan fingerprint density at radius 1 is 1.00 bits per heavy atom. The van der Waals surface area contributed by atoms with E-state index in [1.54, 1.807) is 19.1 Å². The topological polar surface area (TPSA) is 37.4 Å². The predicted octanol–water partition coefficient (Wildman–Crippen LogP) is 6.11. The van der Waals surface area contributed by atoms with E-state index >= 15 is 0 Å². The van der Waals surface area contributed by atoms with Crippen molar-refractivity contribution in [3.63, 3.8) is 0 Å². The Bertz CT molecular complexity index is 1120. The predicted molar refractivity (Wildman–Crippen MR) is 118 cm³/mol. The minimum atomic E-state index is 0.0101. The first-order valence-electron chi connectivity index (χ1n) is 9.77. The first-order valence-corrected chi connectivity index (χ1v) is 10.1. The van der Waals surface area contributed by atoms with Gasteiger partial charge in [-0.15, -0.1) is 0 Å². The van der Waals surface area contributed by atoms with Gasteiger partial charge in [0.15, 0.2) is 5.78 Å². The fraction of sp³-hybridized carbons (Fsp3) is 0.200. The van der Waals surface area contributed by atoms with Crippen molar-refractivity contribution in [1.29, 1.82) is 0 Å². The summed E-state index contributed by atoms with van der Waals surface area (Å²) in [5, 5.41) is 0.610. The van der Waals surface area contributed by atoms with E-state index in [9.17, 15) is 9.59 Å². The molecule has 0 spiro atoms. The van der Waals surface area contributed by atoms with Crippen molar-refractivity contribution in [2.75, 3.05) is 11.4 Å². The summed E-state index contributed by atoms with van der Waals surface area (Å²) in [6.45, 7) is 4.22. The fourth-order valence-corrected chi connectivity index (χ4v) is 4.13. The Hall–Kier alpha value is -2.91. The SMILES string of the molecule is CC(=O)c1ccc(Cl)c(-c2ccc3c(c2)CCCN3C(=O)c2ccccc2C)c1. The van der Waals surface area contributed by atoms with Gasteiger partial charge in [-0.3, -0.25) is 9.59 Å². The average Bonchev–Trinajstić information content (AvgIpc) is 2.73. The van der Waals surface area contributed by atoms with E-state index < -0.39 is 0 Å². The third-order valence-corrected chi connectivity index (χ3v) is 5.83. The van der Waals surface area contributed by atoms with Crippen LogP contribution >= 0.6 is 11.6 Å². The quantitative estimate of drug-likeness (QED) is 0.494. The monoisotopic (exact) mass is 403 g/mol. The van der Waals surface area contributed by atoms with Gasteiger partial charge < -0.3 is 4.90 Å². The molecule has 0 fully saturated rings. The molecule has 0 saturated heterocycles. The number of fused-ring (bicyclic) bond motifs is 1. The van der Waals surface area contributed by atoms with Crippen LogP contribution in [0.4, 0.5) is 5.69 Å². The molecule has 0 bridgehead atoms. The summed E-state index contributed by atoms with van der Waals surface area (Å²) >= 11 is 6.42. The highest BCUT2D eigenvalue weighted by Gasteiger charge is 2.25. The van der Waals surface area contributed by atoms with Crippen molar-refractivity contribution in [2.24, 2.45) is 0 Å². The Morgan fingerprint density at radius 2 is 1.79 bits per heavy atom. The minimum Gasteiger partial charge on any atom is -0.308 e. The highest BCUT2D eigenvalue weighted by atomic mass is 35.5. The van der Waals surface area contributed by atoms with Crippen LogP contribution < -0.4 is 4.90 Å². The lowest BCUT2D eigenvalue weighted by Crippen LogP contribution is -2.35. The number of hydrogen-bond acceptors (Lipinski definition) is 2. The van der Waals surface area contributed by atoms with Crippen LogP contribution in [0.5, 0.6) is 0 Å². The molecule has 1 aliphatic heterocycles. The molecule has 4 rings (SSSR count). The van der Waals surface area contributed by atoms with Gasteiger partial charge in [-0.05, 0) is 79.8 Å².